The van der Waals surface area contributed by atoms with Gasteiger partial charge in [-0.3, -0.25) is 0 Å². The second-order valence-corrected chi connectivity index (χ2v) is 5.32. The second kappa shape index (κ2) is 5.17. The first-order chi connectivity index (χ1) is 9.63. The third kappa shape index (κ3) is 2.49. The normalized spacial score (nSPS) is 14.0. The summed E-state index contributed by atoms with van der Waals surface area (Å²) in [6, 6.07) is 5.43. The molecular formula is C14H15ClN4O. The van der Waals surface area contributed by atoms with Crippen molar-refractivity contribution in [3.63, 3.8) is 0 Å². The van der Waals surface area contributed by atoms with Crippen molar-refractivity contribution in [3.8, 4) is 0 Å². The van der Waals surface area contributed by atoms with Crippen LogP contribution in [-0.2, 0) is 13.0 Å². The smallest absolute Gasteiger partial charge is 0.322 e. The monoisotopic (exact) mass is 290 g/mol. The van der Waals surface area contributed by atoms with Gasteiger partial charge in [0.05, 0.1) is 35.0 Å². The van der Waals surface area contributed by atoms with Gasteiger partial charge < -0.3 is 15.2 Å². The lowest BCUT2D eigenvalue weighted by atomic mass is 10.1. The number of aromatic nitrogens is 2. The number of carbonyl (C=O) groups excluding carboxylic acids is 1. The van der Waals surface area contributed by atoms with Crippen molar-refractivity contribution in [1.29, 1.82) is 0 Å². The van der Waals surface area contributed by atoms with Gasteiger partial charge in [0, 0.05) is 13.0 Å². The Balaban J connectivity index is 1.71. The maximum atomic E-state index is 12.3. The molecule has 1 aromatic carbocycles. The molecular weight excluding hydrogens is 276 g/mol. The van der Waals surface area contributed by atoms with Crippen LogP contribution in [0.15, 0.2) is 24.5 Å². The van der Waals surface area contributed by atoms with E-state index < -0.39 is 0 Å². The minimum atomic E-state index is -0.143. The molecule has 6 heteroatoms. The molecule has 0 saturated heterocycles. The van der Waals surface area contributed by atoms with Gasteiger partial charge in [-0.15, -0.1) is 0 Å². The van der Waals surface area contributed by atoms with Crippen molar-refractivity contribution in [1.82, 2.24) is 14.9 Å². The summed E-state index contributed by atoms with van der Waals surface area (Å²) in [5, 5.41) is 3.40. The van der Waals surface area contributed by atoms with Crippen molar-refractivity contribution < 1.29 is 4.79 Å². The number of amides is 2. The van der Waals surface area contributed by atoms with Crippen molar-refractivity contribution >= 4 is 23.3 Å². The molecule has 1 aliphatic heterocycles. The number of rotatable bonds is 1. The number of hydrogen-bond donors (Lipinski definition) is 2. The molecule has 0 fully saturated rings. The molecule has 0 saturated carbocycles. The zero-order chi connectivity index (χ0) is 14.1. The standard InChI is InChI=1S/C14H15ClN4O/c1-9-2-3-11(10(15)6-9)18-14(20)19-5-4-12-13(7-19)17-8-16-12/h2-3,6,8H,4-5,7H2,1H3,(H,16,17)(H,18,20). The predicted molar refractivity (Wildman–Crippen MR) is 77.9 cm³/mol. The molecule has 2 aromatic rings. The number of fused-ring (bicyclic) bond motifs is 1. The number of carbonyl (C=O) groups is 1. The number of aromatic amines is 1. The number of nitrogens with zero attached hydrogens (tertiary/aromatic N) is 2. The van der Waals surface area contributed by atoms with Gasteiger partial charge in [0.15, 0.2) is 0 Å². The zero-order valence-electron chi connectivity index (χ0n) is 11.1. The van der Waals surface area contributed by atoms with E-state index in [4.69, 9.17) is 11.6 Å². The topological polar surface area (TPSA) is 61.0 Å². The van der Waals surface area contributed by atoms with E-state index in [1.807, 2.05) is 25.1 Å². The van der Waals surface area contributed by atoms with Crippen LogP contribution in [0.4, 0.5) is 10.5 Å². The molecule has 3 rings (SSSR count). The van der Waals surface area contributed by atoms with Crippen LogP contribution in [0, 0.1) is 6.92 Å². The van der Waals surface area contributed by atoms with E-state index in [9.17, 15) is 4.79 Å². The van der Waals surface area contributed by atoms with Crippen LogP contribution in [0.3, 0.4) is 0 Å². The Bertz CT molecular complexity index is 652. The molecule has 2 amide bonds. The van der Waals surface area contributed by atoms with Crippen LogP contribution in [0.1, 0.15) is 17.0 Å². The summed E-state index contributed by atoms with van der Waals surface area (Å²) in [5.41, 5.74) is 3.74. The average Bonchev–Trinajstić information content (AvgIpc) is 2.89. The Labute approximate surface area is 122 Å². The number of nitrogens with one attached hydrogen (secondary N) is 2. The lowest BCUT2D eigenvalue weighted by Gasteiger charge is -2.26. The van der Waals surface area contributed by atoms with Crippen molar-refractivity contribution in [2.24, 2.45) is 0 Å². The molecule has 1 aromatic heterocycles. The first-order valence-electron chi connectivity index (χ1n) is 6.46. The van der Waals surface area contributed by atoms with Gasteiger partial charge in [0.1, 0.15) is 0 Å². The number of halogens is 1. The minimum absolute atomic E-state index is 0.143. The summed E-state index contributed by atoms with van der Waals surface area (Å²) >= 11 is 6.13. The Kier molecular flexibility index (Phi) is 3.36. The van der Waals surface area contributed by atoms with E-state index in [2.05, 4.69) is 15.3 Å². The van der Waals surface area contributed by atoms with Gasteiger partial charge in [-0.1, -0.05) is 17.7 Å². The molecule has 0 atom stereocenters. The van der Waals surface area contributed by atoms with Gasteiger partial charge in [0.25, 0.3) is 0 Å². The molecule has 20 heavy (non-hydrogen) atoms. The summed E-state index contributed by atoms with van der Waals surface area (Å²) in [6.45, 7) is 3.17. The second-order valence-electron chi connectivity index (χ2n) is 4.91. The number of aryl methyl sites for hydroxylation is 1. The Hall–Kier alpha value is -2.01. The third-order valence-corrected chi connectivity index (χ3v) is 3.74. The van der Waals surface area contributed by atoms with Gasteiger partial charge in [0.2, 0.25) is 0 Å². The average molecular weight is 291 g/mol. The van der Waals surface area contributed by atoms with Crippen LogP contribution < -0.4 is 5.32 Å². The highest BCUT2D eigenvalue weighted by Crippen LogP contribution is 2.24. The summed E-state index contributed by atoms with van der Waals surface area (Å²) in [7, 11) is 0. The maximum absolute atomic E-state index is 12.3. The fourth-order valence-corrected chi connectivity index (χ4v) is 2.58. The van der Waals surface area contributed by atoms with Gasteiger partial charge >= 0.3 is 6.03 Å². The van der Waals surface area contributed by atoms with E-state index in [1.54, 1.807) is 11.2 Å². The van der Waals surface area contributed by atoms with Crippen LogP contribution in [0.2, 0.25) is 5.02 Å². The van der Waals surface area contributed by atoms with E-state index in [0.717, 1.165) is 23.4 Å². The molecule has 2 heterocycles. The fourth-order valence-electron chi connectivity index (χ4n) is 2.30. The molecule has 0 aliphatic carbocycles. The zero-order valence-corrected chi connectivity index (χ0v) is 11.9. The van der Waals surface area contributed by atoms with Crippen LogP contribution in [0.25, 0.3) is 0 Å². The van der Waals surface area contributed by atoms with Crippen molar-refractivity contribution in [2.75, 3.05) is 11.9 Å². The predicted octanol–water partition coefficient (Wildman–Crippen LogP) is 2.96. The molecule has 0 unspecified atom stereocenters. The van der Waals surface area contributed by atoms with E-state index in [1.165, 1.54) is 0 Å². The van der Waals surface area contributed by atoms with Gasteiger partial charge in [-0.2, -0.15) is 0 Å². The summed E-state index contributed by atoms with van der Waals surface area (Å²) in [6.07, 6.45) is 2.44. The molecule has 0 bridgehead atoms. The SMILES string of the molecule is Cc1ccc(NC(=O)N2CCc3nc[nH]c3C2)c(Cl)c1. The Morgan fingerprint density at radius 1 is 1.50 bits per heavy atom. The molecule has 1 aliphatic rings. The number of imidazole rings is 1. The van der Waals surface area contributed by atoms with E-state index >= 15 is 0 Å². The first kappa shape index (κ1) is 13.0. The van der Waals surface area contributed by atoms with E-state index in [-0.39, 0.29) is 6.03 Å². The number of hydrogen-bond acceptors (Lipinski definition) is 2. The summed E-state index contributed by atoms with van der Waals surface area (Å²) in [4.78, 5) is 21.3. The van der Waals surface area contributed by atoms with Crippen LogP contribution in [0.5, 0.6) is 0 Å². The van der Waals surface area contributed by atoms with Crippen molar-refractivity contribution in [2.45, 2.75) is 19.9 Å². The van der Waals surface area contributed by atoms with Crippen LogP contribution >= 0.6 is 11.6 Å². The number of benzene rings is 1. The van der Waals surface area contributed by atoms with Gasteiger partial charge in [-0.25, -0.2) is 9.78 Å². The Morgan fingerprint density at radius 2 is 2.35 bits per heavy atom. The molecule has 0 spiro atoms. The number of anilines is 1. The number of urea groups is 1. The number of H-pyrrole nitrogens is 1. The largest absolute Gasteiger partial charge is 0.347 e. The third-order valence-electron chi connectivity index (χ3n) is 3.43. The maximum Gasteiger partial charge on any atom is 0.322 e. The minimum Gasteiger partial charge on any atom is -0.347 e. The lowest BCUT2D eigenvalue weighted by Crippen LogP contribution is -2.39. The quantitative estimate of drug-likeness (QED) is 0.848. The fraction of sp³-hybridized carbons (Fsp3) is 0.286. The highest BCUT2D eigenvalue weighted by molar-refractivity contribution is 6.33. The van der Waals surface area contributed by atoms with Crippen molar-refractivity contribution in [3.05, 3.63) is 46.5 Å². The van der Waals surface area contributed by atoms with Gasteiger partial charge in [-0.05, 0) is 24.6 Å². The molecule has 5 nitrogen and oxygen atoms in total. The lowest BCUT2D eigenvalue weighted by molar-refractivity contribution is 0.205. The molecule has 0 radical (unpaired) electrons. The first-order valence-corrected chi connectivity index (χ1v) is 6.84. The summed E-state index contributed by atoms with van der Waals surface area (Å²) in [5.74, 6) is 0. The summed E-state index contributed by atoms with van der Waals surface area (Å²) < 4.78 is 0. The molecule has 2 N–H and O–H groups in total. The highest BCUT2D eigenvalue weighted by Gasteiger charge is 2.22. The van der Waals surface area contributed by atoms with E-state index in [0.29, 0.717) is 23.8 Å². The van der Waals surface area contributed by atoms with Crippen LogP contribution in [-0.4, -0.2) is 27.4 Å². The molecule has 104 valence electrons. The highest BCUT2D eigenvalue weighted by atomic mass is 35.5. The Morgan fingerprint density at radius 3 is 3.15 bits per heavy atom.